The number of rotatable bonds is 5. The highest BCUT2D eigenvalue weighted by molar-refractivity contribution is 5.74. The normalized spacial score (nSPS) is 12.6. The van der Waals surface area contributed by atoms with E-state index in [2.05, 4.69) is 15.3 Å². The number of benzene rings is 1. The van der Waals surface area contributed by atoms with Gasteiger partial charge in [-0.1, -0.05) is 12.1 Å². The van der Waals surface area contributed by atoms with Crippen LogP contribution in [0.2, 0.25) is 0 Å². The maximum Gasteiger partial charge on any atom is 0.433 e. The number of para-hydroxylation sites is 2. The number of imidazole rings is 1. The summed E-state index contributed by atoms with van der Waals surface area (Å²) in [5.41, 5.74) is 1.89. The van der Waals surface area contributed by atoms with Gasteiger partial charge in [-0.15, -0.1) is 0 Å². The molecule has 0 amide bonds. The van der Waals surface area contributed by atoms with Crippen LogP contribution in [0.15, 0.2) is 40.8 Å². The highest BCUT2D eigenvalue weighted by Crippen LogP contribution is 2.18. The van der Waals surface area contributed by atoms with Crippen molar-refractivity contribution in [1.29, 1.82) is 0 Å². The number of nitrogens with zero attached hydrogens (tertiary/aromatic N) is 2. The second-order valence-corrected chi connectivity index (χ2v) is 4.74. The Labute approximate surface area is 120 Å². The molecule has 3 rings (SSSR count). The second-order valence-electron chi connectivity index (χ2n) is 4.74. The van der Waals surface area contributed by atoms with Crippen molar-refractivity contribution in [3.05, 3.63) is 58.1 Å². The van der Waals surface area contributed by atoms with Gasteiger partial charge in [-0.05, 0) is 25.1 Å². The summed E-state index contributed by atoms with van der Waals surface area (Å²) in [6, 6.07) is 10.7. The van der Waals surface area contributed by atoms with Crippen molar-refractivity contribution < 1.29 is 9.34 Å². The zero-order valence-electron chi connectivity index (χ0n) is 11.4. The van der Waals surface area contributed by atoms with Gasteiger partial charge in [0.2, 0.25) is 0 Å². The van der Waals surface area contributed by atoms with Gasteiger partial charge < -0.3 is 14.7 Å². The molecule has 108 valence electrons. The molecule has 7 nitrogen and oxygen atoms in total. The van der Waals surface area contributed by atoms with E-state index >= 15 is 0 Å². The second kappa shape index (κ2) is 5.37. The summed E-state index contributed by atoms with van der Waals surface area (Å²) in [5.74, 6) is 1.09. The molecule has 0 saturated heterocycles. The summed E-state index contributed by atoms with van der Waals surface area (Å²) in [6.45, 7) is 2.36. The van der Waals surface area contributed by atoms with E-state index in [9.17, 15) is 10.1 Å². The maximum absolute atomic E-state index is 10.5. The fourth-order valence-electron chi connectivity index (χ4n) is 2.09. The van der Waals surface area contributed by atoms with Crippen LogP contribution in [0.25, 0.3) is 11.0 Å². The molecule has 3 aromatic rings. The third kappa shape index (κ3) is 2.77. The van der Waals surface area contributed by atoms with E-state index in [0.29, 0.717) is 12.3 Å². The van der Waals surface area contributed by atoms with Crippen molar-refractivity contribution in [1.82, 2.24) is 15.3 Å². The summed E-state index contributed by atoms with van der Waals surface area (Å²) in [4.78, 5) is 17.7. The SMILES string of the molecule is CC(NCc1ccc([N+](=O)[O-])o1)c1nc2ccccc2[nH]1. The lowest BCUT2D eigenvalue weighted by molar-refractivity contribution is -0.402. The topological polar surface area (TPSA) is 97.0 Å². The molecular weight excluding hydrogens is 272 g/mol. The third-order valence-electron chi connectivity index (χ3n) is 3.23. The molecule has 1 atom stereocenters. The Kier molecular flexibility index (Phi) is 3.41. The Morgan fingerprint density at radius 2 is 2.19 bits per heavy atom. The molecule has 2 aromatic heterocycles. The Balaban J connectivity index is 1.67. The van der Waals surface area contributed by atoms with Gasteiger partial charge >= 0.3 is 5.88 Å². The molecule has 0 bridgehead atoms. The number of aromatic nitrogens is 2. The first-order chi connectivity index (χ1) is 10.1. The summed E-state index contributed by atoms with van der Waals surface area (Å²) in [7, 11) is 0. The molecule has 0 aliphatic rings. The van der Waals surface area contributed by atoms with E-state index in [0.717, 1.165) is 16.9 Å². The van der Waals surface area contributed by atoms with E-state index < -0.39 is 4.92 Å². The van der Waals surface area contributed by atoms with Crippen LogP contribution in [0.1, 0.15) is 24.6 Å². The minimum atomic E-state index is -0.549. The Morgan fingerprint density at radius 3 is 2.90 bits per heavy atom. The maximum atomic E-state index is 10.5. The van der Waals surface area contributed by atoms with E-state index in [-0.39, 0.29) is 11.9 Å². The number of H-pyrrole nitrogens is 1. The smallest absolute Gasteiger partial charge is 0.404 e. The number of fused-ring (bicyclic) bond motifs is 1. The van der Waals surface area contributed by atoms with Crippen LogP contribution >= 0.6 is 0 Å². The minimum Gasteiger partial charge on any atom is -0.404 e. The summed E-state index contributed by atoms with van der Waals surface area (Å²) >= 11 is 0. The lowest BCUT2D eigenvalue weighted by Crippen LogP contribution is -2.18. The first-order valence-electron chi connectivity index (χ1n) is 6.54. The van der Waals surface area contributed by atoms with Gasteiger partial charge in [-0.3, -0.25) is 10.1 Å². The van der Waals surface area contributed by atoms with Gasteiger partial charge in [-0.2, -0.15) is 0 Å². The number of furan rings is 1. The van der Waals surface area contributed by atoms with Gasteiger partial charge in [0.15, 0.2) is 0 Å². The third-order valence-corrected chi connectivity index (χ3v) is 3.23. The molecule has 2 heterocycles. The molecular formula is C14H14N4O3. The van der Waals surface area contributed by atoms with Gasteiger partial charge in [0, 0.05) is 0 Å². The standard InChI is InChI=1S/C14H14N4O3/c1-9(14-16-11-4-2-3-5-12(11)17-14)15-8-10-6-7-13(21-10)18(19)20/h2-7,9,15H,8H2,1H3,(H,16,17). The van der Waals surface area contributed by atoms with Crippen LogP contribution in [0.3, 0.4) is 0 Å². The van der Waals surface area contributed by atoms with E-state index in [1.807, 2.05) is 31.2 Å². The van der Waals surface area contributed by atoms with Crippen LogP contribution in [-0.2, 0) is 6.54 Å². The van der Waals surface area contributed by atoms with Gasteiger partial charge in [0.05, 0.1) is 29.7 Å². The fraction of sp³-hybridized carbons (Fsp3) is 0.214. The molecule has 0 aliphatic heterocycles. The summed E-state index contributed by atoms with van der Waals surface area (Å²) in [6.07, 6.45) is 0. The Bertz CT molecular complexity index is 744. The Hall–Kier alpha value is -2.67. The number of nitrogens with one attached hydrogen (secondary N) is 2. The zero-order chi connectivity index (χ0) is 14.8. The first kappa shape index (κ1) is 13.3. The summed E-state index contributed by atoms with van der Waals surface area (Å²) in [5, 5.41) is 13.8. The predicted octanol–water partition coefficient (Wildman–Crippen LogP) is 2.91. The number of nitro groups is 1. The largest absolute Gasteiger partial charge is 0.433 e. The van der Waals surface area contributed by atoms with Crippen molar-refractivity contribution in [2.24, 2.45) is 0 Å². The van der Waals surface area contributed by atoms with Crippen molar-refractivity contribution >= 4 is 16.9 Å². The molecule has 0 saturated carbocycles. The molecule has 0 fully saturated rings. The average Bonchev–Trinajstić information content (AvgIpc) is 3.11. The molecule has 0 aliphatic carbocycles. The number of aromatic amines is 1. The monoisotopic (exact) mass is 286 g/mol. The molecule has 0 spiro atoms. The lowest BCUT2D eigenvalue weighted by atomic mass is 10.3. The Morgan fingerprint density at radius 1 is 1.38 bits per heavy atom. The molecule has 1 unspecified atom stereocenters. The van der Waals surface area contributed by atoms with Gasteiger partial charge in [-0.25, -0.2) is 4.98 Å². The zero-order valence-corrected chi connectivity index (χ0v) is 11.4. The lowest BCUT2D eigenvalue weighted by Gasteiger charge is -2.09. The van der Waals surface area contributed by atoms with E-state index in [1.165, 1.54) is 6.07 Å². The number of hydrogen-bond donors (Lipinski definition) is 2. The highest BCUT2D eigenvalue weighted by atomic mass is 16.6. The van der Waals surface area contributed by atoms with E-state index in [1.54, 1.807) is 6.07 Å². The number of hydrogen-bond acceptors (Lipinski definition) is 5. The summed E-state index contributed by atoms with van der Waals surface area (Å²) < 4.78 is 5.10. The average molecular weight is 286 g/mol. The molecule has 1 aromatic carbocycles. The van der Waals surface area contributed by atoms with Crippen LogP contribution in [0, 0.1) is 10.1 Å². The fourth-order valence-corrected chi connectivity index (χ4v) is 2.09. The first-order valence-corrected chi connectivity index (χ1v) is 6.54. The quantitative estimate of drug-likeness (QED) is 0.555. The molecule has 2 N–H and O–H groups in total. The van der Waals surface area contributed by atoms with Crippen molar-refractivity contribution in [2.75, 3.05) is 0 Å². The molecule has 7 heteroatoms. The van der Waals surface area contributed by atoms with Crippen molar-refractivity contribution in [2.45, 2.75) is 19.5 Å². The van der Waals surface area contributed by atoms with Crippen molar-refractivity contribution in [3.8, 4) is 0 Å². The van der Waals surface area contributed by atoms with Gasteiger partial charge in [0.1, 0.15) is 16.5 Å². The molecule has 0 radical (unpaired) electrons. The van der Waals surface area contributed by atoms with Crippen LogP contribution in [0.4, 0.5) is 5.88 Å². The van der Waals surface area contributed by atoms with Crippen LogP contribution in [-0.4, -0.2) is 14.9 Å². The minimum absolute atomic E-state index is 0.0263. The molecule has 21 heavy (non-hydrogen) atoms. The van der Waals surface area contributed by atoms with Crippen LogP contribution < -0.4 is 5.32 Å². The predicted molar refractivity (Wildman–Crippen MR) is 76.7 cm³/mol. The highest BCUT2D eigenvalue weighted by Gasteiger charge is 2.14. The van der Waals surface area contributed by atoms with Crippen LogP contribution in [0.5, 0.6) is 0 Å². The van der Waals surface area contributed by atoms with Crippen molar-refractivity contribution in [3.63, 3.8) is 0 Å². The van der Waals surface area contributed by atoms with E-state index in [4.69, 9.17) is 4.42 Å². The van der Waals surface area contributed by atoms with Gasteiger partial charge in [0.25, 0.3) is 0 Å².